The largest absolute Gasteiger partial charge is 0.490 e. The molecule has 0 radical (unpaired) electrons. The smallest absolute Gasteiger partial charge is 0.407 e. The summed E-state index contributed by atoms with van der Waals surface area (Å²) >= 11 is 0. The Morgan fingerprint density at radius 1 is 1.37 bits per heavy atom. The van der Waals surface area contributed by atoms with Crippen molar-refractivity contribution in [2.24, 2.45) is 0 Å². The molecule has 146 valence electrons. The number of amides is 1. The van der Waals surface area contributed by atoms with Crippen molar-refractivity contribution in [3.8, 4) is 5.75 Å². The van der Waals surface area contributed by atoms with Crippen LogP contribution in [0.1, 0.15) is 25.7 Å². The molecule has 1 aromatic heterocycles. The summed E-state index contributed by atoms with van der Waals surface area (Å²) in [4.78, 5) is 27.9. The van der Waals surface area contributed by atoms with E-state index < -0.39 is 6.09 Å². The van der Waals surface area contributed by atoms with Crippen molar-refractivity contribution in [1.29, 1.82) is 0 Å². The van der Waals surface area contributed by atoms with Gasteiger partial charge in [0.05, 0.1) is 13.7 Å². The standard InChI is InChI=1S/C18H23N3O6/c1-25-15(22)6-3-11-26-14-5-2-4-13-16(14)27-17(20-13)19-12-7-9-21(10-8-12)18(23)24/h2,4-5,12H,3,6-11H2,1H3,(H,19,20)(H,23,24). The van der Waals surface area contributed by atoms with Gasteiger partial charge in [0.15, 0.2) is 11.3 Å². The minimum absolute atomic E-state index is 0.109. The average molecular weight is 377 g/mol. The Morgan fingerprint density at radius 3 is 2.85 bits per heavy atom. The number of rotatable bonds is 7. The Morgan fingerprint density at radius 2 is 2.15 bits per heavy atom. The van der Waals surface area contributed by atoms with Gasteiger partial charge in [-0.25, -0.2) is 4.79 Å². The highest BCUT2D eigenvalue weighted by molar-refractivity contribution is 5.80. The van der Waals surface area contributed by atoms with Crippen LogP contribution in [-0.2, 0) is 9.53 Å². The number of oxazole rings is 1. The number of likely N-dealkylation sites (tertiary alicyclic amines) is 1. The van der Waals surface area contributed by atoms with Gasteiger partial charge in [-0.2, -0.15) is 4.98 Å². The monoisotopic (exact) mass is 377 g/mol. The van der Waals surface area contributed by atoms with Crippen molar-refractivity contribution in [3.63, 3.8) is 0 Å². The van der Waals surface area contributed by atoms with E-state index in [0.29, 0.717) is 68.2 Å². The third kappa shape index (κ3) is 4.81. The zero-order valence-corrected chi connectivity index (χ0v) is 15.1. The van der Waals surface area contributed by atoms with E-state index >= 15 is 0 Å². The second kappa shape index (κ2) is 8.61. The number of hydrogen-bond donors (Lipinski definition) is 2. The predicted molar refractivity (Wildman–Crippen MR) is 97.0 cm³/mol. The molecule has 1 aromatic carbocycles. The molecule has 1 aliphatic heterocycles. The molecule has 1 fully saturated rings. The number of carboxylic acid groups (broad SMARTS) is 1. The molecule has 1 amide bonds. The van der Waals surface area contributed by atoms with E-state index in [4.69, 9.17) is 14.3 Å². The number of fused-ring (bicyclic) bond motifs is 1. The van der Waals surface area contributed by atoms with Crippen LogP contribution in [0.3, 0.4) is 0 Å². The molecule has 27 heavy (non-hydrogen) atoms. The first kappa shape index (κ1) is 18.8. The average Bonchev–Trinajstić information content (AvgIpc) is 3.08. The number of nitrogens with one attached hydrogen (secondary N) is 1. The van der Waals surface area contributed by atoms with Crippen molar-refractivity contribution >= 4 is 29.2 Å². The maximum atomic E-state index is 11.1. The third-order valence-electron chi connectivity index (χ3n) is 4.48. The van der Waals surface area contributed by atoms with E-state index in [1.807, 2.05) is 12.1 Å². The molecule has 0 unspecified atom stereocenters. The number of methoxy groups -OCH3 is 1. The normalized spacial score (nSPS) is 14.9. The van der Waals surface area contributed by atoms with Crippen molar-refractivity contribution in [1.82, 2.24) is 9.88 Å². The SMILES string of the molecule is COC(=O)CCCOc1cccc2nc(NC3CCN(C(=O)O)CC3)oc12. The van der Waals surface area contributed by atoms with Gasteiger partial charge in [-0.3, -0.25) is 4.79 Å². The number of nitrogens with zero attached hydrogens (tertiary/aromatic N) is 2. The Hall–Kier alpha value is -2.97. The minimum Gasteiger partial charge on any atom is -0.490 e. The number of carbonyl (C=O) groups excluding carboxylic acids is 1. The number of aromatic nitrogens is 1. The number of para-hydroxylation sites is 1. The zero-order chi connectivity index (χ0) is 19.2. The maximum Gasteiger partial charge on any atom is 0.407 e. The summed E-state index contributed by atoms with van der Waals surface area (Å²) in [5, 5.41) is 12.2. The van der Waals surface area contributed by atoms with Crippen LogP contribution in [0.25, 0.3) is 11.1 Å². The summed E-state index contributed by atoms with van der Waals surface area (Å²) in [6, 6.07) is 5.96. The first-order valence-electron chi connectivity index (χ1n) is 8.90. The Balaban J connectivity index is 1.58. The van der Waals surface area contributed by atoms with Crippen LogP contribution in [-0.4, -0.2) is 59.9 Å². The summed E-state index contributed by atoms with van der Waals surface area (Å²) < 4.78 is 16.1. The highest BCUT2D eigenvalue weighted by Gasteiger charge is 2.23. The van der Waals surface area contributed by atoms with Crippen molar-refractivity contribution < 1.29 is 28.6 Å². The lowest BCUT2D eigenvalue weighted by Gasteiger charge is -2.29. The summed E-state index contributed by atoms with van der Waals surface area (Å²) in [5.74, 6) is 0.301. The predicted octanol–water partition coefficient (Wildman–Crippen LogP) is 2.71. The van der Waals surface area contributed by atoms with Crippen LogP contribution in [0.5, 0.6) is 5.75 Å². The first-order valence-corrected chi connectivity index (χ1v) is 8.90. The molecule has 2 aromatic rings. The molecule has 0 aliphatic carbocycles. The number of esters is 1. The molecule has 9 nitrogen and oxygen atoms in total. The van der Waals surface area contributed by atoms with Gasteiger partial charge in [-0.15, -0.1) is 0 Å². The number of benzene rings is 1. The number of carbonyl (C=O) groups is 2. The van der Waals surface area contributed by atoms with E-state index in [0.717, 1.165) is 0 Å². The molecule has 0 bridgehead atoms. The van der Waals surface area contributed by atoms with Crippen LogP contribution >= 0.6 is 0 Å². The quantitative estimate of drug-likeness (QED) is 0.559. The van der Waals surface area contributed by atoms with Gasteiger partial charge in [-0.05, 0) is 31.4 Å². The second-order valence-corrected chi connectivity index (χ2v) is 6.34. The van der Waals surface area contributed by atoms with Crippen LogP contribution < -0.4 is 10.1 Å². The summed E-state index contributed by atoms with van der Waals surface area (Å²) in [6.45, 7) is 1.34. The van der Waals surface area contributed by atoms with Gasteiger partial charge >= 0.3 is 12.1 Å². The van der Waals surface area contributed by atoms with Crippen LogP contribution in [0.2, 0.25) is 0 Å². The molecule has 2 N–H and O–H groups in total. The molecule has 0 atom stereocenters. The van der Waals surface area contributed by atoms with Crippen molar-refractivity contribution in [2.45, 2.75) is 31.7 Å². The lowest BCUT2D eigenvalue weighted by Crippen LogP contribution is -2.41. The number of hydrogen-bond acceptors (Lipinski definition) is 7. The summed E-state index contributed by atoms with van der Waals surface area (Å²) in [5.41, 5.74) is 1.21. The summed E-state index contributed by atoms with van der Waals surface area (Å²) in [6.07, 6.45) is 1.35. The van der Waals surface area contributed by atoms with Gasteiger partial charge in [-0.1, -0.05) is 6.07 Å². The molecular formula is C18H23N3O6. The van der Waals surface area contributed by atoms with E-state index in [9.17, 15) is 9.59 Å². The molecule has 2 heterocycles. The van der Waals surface area contributed by atoms with Crippen LogP contribution in [0.4, 0.5) is 10.8 Å². The minimum atomic E-state index is -0.885. The van der Waals surface area contributed by atoms with Crippen LogP contribution in [0.15, 0.2) is 22.6 Å². The fraction of sp³-hybridized carbons (Fsp3) is 0.500. The van der Waals surface area contributed by atoms with E-state index in [-0.39, 0.29) is 12.0 Å². The molecule has 9 heteroatoms. The Kier molecular flexibility index (Phi) is 6.00. The lowest BCUT2D eigenvalue weighted by atomic mass is 10.1. The molecular weight excluding hydrogens is 354 g/mol. The van der Waals surface area contributed by atoms with Crippen molar-refractivity contribution in [2.75, 3.05) is 32.1 Å². The van der Waals surface area contributed by atoms with Gasteiger partial charge in [0, 0.05) is 25.6 Å². The first-order chi connectivity index (χ1) is 13.1. The highest BCUT2D eigenvalue weighted by Crippen LogP contribution is 2.29. The Labute approximate surface area is 156 Å². The van der Waals surface area contributed by atoms with Gasteiger partial charge in [0.2, 0.25) is 0 Å². The van der Waals surface area contributed by atoms with Gasteiger partial charge < -0.3 is 29.2 Å². The lowest BCUT2D eigenvalue weighted by molar-refractivity contribution is -0.140. The van der Waals surface area contributed by atoms with E-state index in [1.54, 1.807) is 6.07 Å². The highest BCUT2D eigenvalue weighted by atomic mass is 16.5. The topological polar surface area (TPSA) is 114 Å². The Bertz CT molecular complexity index is 797. The maximum absolute atomic E-state index is 11.1. The van der Waals surface area contributed by atoms with Gasteiger partial charge in [0.25, 0.3) is 6.01 Å². The molecule has 0 spiro atoms. The molecule has 3 rings (SSSR count). The van der Waals surface area contributed by atoms with Crippen LogP contribution in [0, 0.1) is 0 Å². The molecule has 0 saturated carbocycles. The zero-order valence-electron chi connectivity index (χ0n) is 15.1. The fourth-order valence-corrected chi connectivity index (χ4v) is 2.99. The van der Waals surface area contributed by atoms with E-state index in [1.165, 1.54) is 12.0 Å². The van der Waals surface area contributed by atoms with Crippen molar-refractivity contribution in [3.05, 3.63) is 18.2 Å². The third-order valence-corrected chi connectivity index (χ3v) is 4.48. The molecule has 1 saturated heterocycles. The van der Waals surface area contributed by atoms with Gasteiger partial charge in [0.1, 0.15) is 5.52 Å². The number of anilines is 1. The van der Waals surface area contributed by atoms with E-state index in [2.05, 4.69) is 15.0 Å². The second-order valence-electron chi connectivity index (χ2n) is 6.34. The molecule has 1 aliphatic rings. The fourth-order valence-electron chi connectivity index (χ4n) is 2.99. The number of ether oxygens (including phenoxy) is 2. The summed E-state index contributed by atoms with van der Waals surface area (Å²) in [7, 11) is 1.36. The number of piperidine rings is 1.